The van der Waals surface area contributed by atoms with Crippen molar-refractivity contribution in [3.05, 3.63) is 0 Å². The molecule has 4 fully saturated rings. The maximum atomic E-state index is 12.7. The Balaban J connectivity index is 1.93. The van der Waals surface area contributed by atoms with E-state index < -0.39 is 81.4 Å². The fourth-order valence-corrected chi connectivity index (χ4v) is 45.7. The molecule has 4 heterocycles. The molecule has 0 aliphatic carbocycles. The van der Waals surface area contributed by atoms with Crippen LogP contribution in [0.15, 0.2) is 0 Å². The number of fused-ring (bicyclic) bond motifs is 4. The van der Waals surface area contributed by atoms with Crippen LogP contribution in [-0.2, 0) is 55.1 Å². The van der Waals surface area contributed by atoms with Crippen LogP contribution in [0.25, 0.3) is 0 Å². The quantitative estimate of drug-likeness (QED) is 0.177. The van der Waals surface area contributed by atoms with Gasteiger partial charge in [-0.1, -0.05) is 57.5 Å². The number of hydrogen-bond donors (Lipinski definition) is 0. The summed E-state index contributed by atoms with van der Waals surface area (Å²) in [5, 5.41) is 0. The van der Waals surface area contributed by atoms with Crippen LogP contribution < -0.4 is 0 Å². The van der Waals surface area contributed by atoms with Crippen molar-refractivity contribution in [2.45, 2.75) is 109 Å². The summed E-state index contributed by atoms with van der Waals surface area (Å²) in [5.41, 5.74) is 0. The summed E-state index contributed by atoms with van der Waals surface area (Å²) in [6, 6.07) is 2.88. The molecule has 13 nitrogen and oxygen atoms in total. The molecule has 6 bridgehead atoms. The highest BCUT2D eigenvalue weighted by molar-refractivity contribution is 9.10. The summed E-state index contributed by atoms with van der Waals surface area (Å²) in [7, 11) is -25.4. The molecule has 242 valence electrons. The lowest BCUT2D eigenvalue weighted by Gasteiger charge is -2.56. The summed E-state index contributed by atoms with van der Waals surface area (Å²) < 4.78 is 81.4. The van der Waals surface area contributed by atoms with E-state index in [-0.39, 0.29) is 12.7 Å². The number of halogens is 1. The van der Waals surface area contributed by atoms with E-state index in [2.05, 4.69) is 15.9 Å². The third-order valence-electron chi connectivity index (χ3n) is 7.12. The Morgan fingerprint density at radius 3 is 1.67 bits per heavy atom. The minimum absolute atomic E-state index is 0.00117. The first kappa shape index (κ1) is 36.1. The molecular formula is C20H45BrO13Si8. The van der Waals surface area contributed by atoms with Crippen LogP contribution in [0.1, 0.15) is 55.4 Å². The Morgan fingerprint density at radius 1 is 0.714 bits per heavy atom. The van der Waals surface area contributed by atoms with Gasteiger partial charge in [0, 0.05) is 30.2 Å². The van der Waals surface area contributed by atoms with Gasteiger partial charge in [-0.15, -0.1) is 0 Å². The number of carbonyl (C=O) groups excluding carboxylic acids is 1. The SMILES string of the molecule is CC[Si]1O[Si]2(CCOC(=O)C(C)(C)Br)O[Si]3(CC)OC[Si](C)O[Si]4(CC)O[Si](CC)(O1)O[Si](CC)(O2)O[Si](CC)(O3)O4. The summed E-state index contributed by atoms with van der Waals surface area (Å²) >= 11 is 3.38. The number of hydrogen-bond acceptors (Lipinski definition) is 13. The van der Waals surface area contributed by atoms with Gasteiger partial charge in [0.05, 0.1) is 18.9 Å². The van der Waals surface area contributed by atoms with Gasteiger partial charge in [0.2, 0.25) is 9.04 Å². The van der Waals surface area contributed by atoms with Crippen LogP contribution in [-0.4, -0.2) is 94.3 Å². The van der Waals surface area contributed by atoms with E-state index >= 15 is 0 Å². The molecule has 22 heteroatoms. The Morgan fingerprint density at radius 2 is 1.14 bits per heavy atom. The van der Waals surface area contributed by atoms with Crippen molar-refractivity contribution in [2.75, 3.05) is 12.8 Å². The van der Waals surface area contributed by atoms with Gasteiger partial charge in [-0.05, 0) is 26.4 Å². The minimum Gasteiger partial charge on any atom is -0.465 e. The minimum atomic E-state index is -3.82. The van der Waals surface area contributed by atoms with Gasteiger partial charge < -0.3 is 50.3 Å². The smallest absolute Gasteiger partial charge is 0.465 e. The van der Waals surface area contributed by atoms with Crippen LogP contribution in [0.2, 0.25) is 48.9 Å². The first-order valence-corrected chi connectivity index (χ1v) is 30.8. The second kappa shape index (κ2) is 13.4. The molecule has 0 aromatic heterocycles. The van der Waals surface area contributed by atoms with Gasteiger partial charge in [-0.3, -0.25) is 4.79 Å². The maximum absolute atomic E-state index is 12.7. The zero-order valence-corrected chi connectivity index (χ0v) is 35.6. The number of ether oxygens (including phenoxy) is 1. The average Bonchev–Trinajstić information content (AvgIpc) is 2.97. The normalized spacial score (nSPS) is 41.7. The Bertz CT molecular complexity index is 989. The first-order chi connectivity index (χ1) is 19.6. The molecule has 0 aromatic carbocycles. The van der Waals surface area contributed by atoms with Crippen molar-refractivity contribution >= 4 is 93.0 Å². The van der Waals surface area contributed by atoms with Crippen molar-refractivity contribution in [1.82, 2.24) is 0 Å². The van der Waals surface area contributed by atoms with Crippen LogP contribution >= 0.6 is 15.9 Å². The number of alkyl halides is 1. The fraction of sp³-hybridized carbons (Fsp3) is 0.950. The topological polar surface area (TPSA) is 128 Å². The van der Waals surface area contributed by atoms with Gasteiger partial charge in [-0.2, -0.15) is 0 Å². The molecule has 0 N–H and O–H groups in total. The molecule has 0 saturated carbocycles. The third-order valence-corrected chi connectivity index (χ3v) is 39.0. The first-order valence-electron chi connectivity index (χ1n) is 14.8. The maximum Gasteiger partial charge on any atom is 0.485 e. The lowest BCUT2D eigenvalue weighted by atomic mass is 10.2. The molecule has 42 heavy (non-hydrogen) atoms. The monoisotopic (exact) mass is 796 g/mol. The van der Waals surface area contributed by atoms with Gasteiger partial charge in [0.15, 0.2) is 0 Å². The van der Waals surface area contributed by atoms with E-state index in [4.69, 9.17) is 50.3 Å². The molecule has 6 unspecified atom stereocenters. The van der Waals surface area contributed by atoms with Crippen molar-refractivity contribution in [1.29, 1.82) is 0 Å². The standard InChI is InChI=1S/C20H45BrO13Si8/c1-10-36-26-39(13-4)30-38(12-3)25-35(9)18-24-37(11-2)28-40(14-5,31-38)33-41(15-6,32-39)34-42(27-36,29-37)17-16-23-19(22)20(7,8)21/h10-18H2,1-9H3. The van der Waals surface area contributed by atoms with E-state index in [0.29, 0.717) is 42.5 Å². The largest absolute Gasteiger partial charge is 0.485 e. The van der Waals surface area contributed by atoms with Crippen LogP contribution in [0.5, 0.6) is 0 Å². The third kappa shape index (κ3) is 7.52. The molecule has 6 atom stereocenters. The van der Waals surface area contributed by atoms with Gasteiger partial charge in [0.25, 0.3) is 0 Å². The van der Waals surface area contributed by atoms with Crippen molar-refractivity contribution in [2.24, 2.45) is 0 Å². The average molecular weight is 798 g/mol. The van der Waals surface area contributed by atoms with E-state index in [1.165, 1.54) is 0 Å². The van der Waals surface area contributed by atoms with Gasteiger partial charge >= 0.3 is 68.1 Å². The van der Waals surface area contributed by atoms with Gasteiger partial charge in [0.1, 0.15) is 4.32 Å². The van der Waals surface area contributed by atoms with Crippen molar-refractivity contribution in [3.8, 4) is 0 Å². The van der Waals surface area contributed by atoms with E-state index in [1.807, 2.05) is 48.1 Å². The number of esters is 1. The molecule has 0 amide bonds. The second-order valence-electron chi connectivity index (χ2n) is 11.0. The highest BCUT2D eigenvalue weighted by Gasteiger charge is 2.75. The van der Waals surface area contributed by atoms with Crippen LogP contribution in [0.3, 0.4) is 0 Å². The Kier molecular flexibility index (Phi) is 11.5. The number of carbonyl (C=O) groups is 1. The molecule has 4 aliphatic heterocycles. The lowest BCUT2D eigenvalue weighted by molar-refractivity contribution is -0.145. The second-order valence-corrected chi connectivity index (χ2v) is 36.8. The Labute approximate surface area is 268 Å². The Hall–Kier alpha value is 1.25. The zero-order valence-electron chi connectivity index (χ0n) is 26.0. The highest BCUT2D eigenvalue weighted by Crippen LogP contribution is 2.47. The lowest BCUT2D eigenvalue weighted by Crippen LogP contribution is -2.80. The molecule has 4 rings (SSSR count). The zero-order chi connectivity index (χ0) is 31.1. The van der Waals surface area contributed by atoms with Crippen LogP contribution in [0, 0.1) is 0 Å². The number of rotatable bonds is 10. The van der Waals surface area contributed by atoms with E-state index in [1.54, 1.807) is 13.8 Å². The summed E-state index contributed by atoms with van der Waals surface area (Å²) in [6.45, 7) is 17.3. The summed E-state index contributed by atoms with van der Waals surface area (Å²) in [6.07, 6.45) is 0.294. The molecule has 0 aromatic rings. The molecule has 2 radical (unpaired) electrons. The van der Waals surface area contributed by atoms with E-state index in [9.17, 15) is 4.79 Å². The van der Waals surface area contributed by atoms with Crippen molar-refractivity contribution in [3.63, 3.8) is 0 Å². The van der Waals surface area contributed by atoms with Crippen molar-refractivity contribution < 1.29 is 55.1 Å². The van der Waals surface area contributed by atoms with E-state index in [0.717, 1.165) is 0 Å². The summed E-state index contributed by atoms with van der Waals surface area (Å²) in [5.74, 6) is -0.409. The molecule has 0 spiro atoms. The molecular weight excluding hydrogens is 753 g/mol. The summed E-state index contributed by atoms with van der Waals surface area (Å²) in [4.78, 5) is 12.7. The molecule has 4 aliphatic rings. The van der Waals surface area contributed by atoms with Crippen LogP contribution in [0.4, 0.5) is 0 Å². The predicted molar refractivity (Wildman–Crippen MR) is 170 cm³/mol. The van der Waals surface area contributed by atoms with Gasteiger partial charge in [-0.25, -0.2) is 0 Å². The predicted octanol–water partition coefficient (Wildman–Crippen LogP) is 4.34. The fourth-order valence-electron chi connectivity index (χ4n) is 4.78. The molecule has 4 saturated heterocycles. The highest BCUT2D eigenvalue weighted by atomic mass is 79.9.